The zero-order valence-electron chi connectivity index (χ0n) is 9.61. The van der Waals surface area contributed by atoms with Gasteiger partial charge in [-0.15, -0.1) is 0 Å². The summed E-state index contributed by atoms with van der Waals surface area (Å²) < 4.78 is 1.90. The van der Waals surface area contributed by atoms with Crippen molar-refractivity contribution < 1.29 is 20.1 Å². The fourth-order valence-electron chi connectivity index (χ4n) is 1.57. The molecule has 0 fully saturated rings. The molecule has 2 aromatic rings. The first-order valence-electron chi connectivity index (χ1n) is 5.12. The van der Waals surface area contributed by atoms with Gasteiger partial charge in [0.2, 0.25) is 0 Å². The third kappa shape index (κ3) is 2.57. The molecule has 4 heteroatoms. The van der Waals surface area contributed by atoms with Crippen LogP contribution in [0.25, 0.3) is 5.82 Å². The van der Waals surface area contributed by atoms with Gasteiger partial charge in [-0.05, 0) is 25.1 Å². The second-order valence-electron chi connectivity index (χ2n) is 3.53. The van der Waals surface area contributed by atoms with Gasteiger partial charge in [0.1, 0.15) is 0 Å². The molecule has 2 aromatic heterocycles. The van der Waals surface area contributed by atoms with Crippen LogP contribution >= 0.6 is 0 Å². The van der Waals surface area contributed by atoms with Crippen LogP contribution < -0.4 is 0 Å². The molecule has 16 heavy (non-hydrogen) atoms. The van der Waals surface area contributed by atoms with Crippen LogP contribution in [0, 0.1) is 20.0 Å². The van der Waals surface area contributed by atoms with Crippen molar-refractivity contribution in [1.29, 1.82) is 0 Å². The van der Waals surface area contributed by atoms with E-state index in [4.69, 9.17) is 0 Å². The number of hydrogen-bond donors (Lipinski definition) is 0. The summed E-state index contributed by atoms with van der Waals surface area (Å²) in [6.45, 7) is 6.00. The van der Waals surface area contributed by atoms with Crippen molar-refractivity contribution in [2.75, 3.05) is 0 Å². The smallest absolute Gasteiger partial charge is 0.0275 e. The summed E-state index contributed by atoms with van der Waals surface area (Å²) in [6, 6.07) is 6.02. The maximum atomic E-state index is 4.53. The third-order valence-electron chi connectivity index (χ3n) is 2.31. The Hall–Kier alpha value is -0.991. The minimum atomic E-state index is 0. The number of rotatable bonds is 2. The van der Waals surface area contributed by atoms with Crippen molar-refractivity contribution in [3.8, 4) is 5.82 Å². The Morgan fingerprint density at radius 3 is 2.56 bits per heavy atom. The number of aryl methyl sites for hydroxylation is 3. The van der Waals surface area contributed by atoms with E-state index in [0.29, 0.717) is 0 Å². The standard InChI is InChI=1S/C12H14N3.Ir/c1-4-11-6-5-7-12(14-11)15-8-9(2)13-10(15)3;/h5-7H,4H2,1-3H3;/q-1;. The van der Waals surface area contributed by atoms with E-state index in [1.165, 1.54) is 0 Å². The fourth-order valence-corrected chi connectivity index (χ4v) is 1.57. The van der Waals surface area contributed by atoms with Crippen LogP contribution in [0.15, 0.2) is 18.2 Å². The van der Waals surface area contributed by atoms with Crippen molar-refractivity contribution in [3.05, 3.63) is 41.6 Å². The first-order valence-corrected chi connectivity index (χ1v) is 5.12. The van der Waals surface area contributed by atoms with Gasteiger partial charge in [-0.3, -0.25) is 4.98 Å². The maximum Gasteiger partial charge on any atom is 0.0275 e. The molecule has 0 aromatic carbocycles. The van der Waals surface area contributed by atoms with Crippen molar-refractivity contribution in [3.63, 3.8) is 0 Å². The van der Waals surface area contributed by atoms with Gasteiger partial charge in [0.15, 0.2) is 0 Å². The van der Waals surface area contributed by atoms with Crippen LogP contribution in [0.1, 0.15) is 24.1 Å². The van der Waals surface area contributed by atoms with Crippen molar-refractivity contribution >= 4 is 0 Å². The molecule has 0 spiro atoms. The van der Waals surface area contributed by atoms with Gasteiger partial charge in [-0.2, -0.15) is 0 Å². The predicted molar refractivity (Wildman–Crippen MR) is 59.0 cm³/mol. The largest absolute Gasteiger partial charge is 0.450 e. The molecule has 0 saturated carbocycles. The zero-order valence-corrected chi connectivity index (χ0v) is 12.0. The fraction of sp³-hybridized carbons (Fsp3) is 0.333. The summed E-state index contributed by atoms with van der Waals surface area (Å²) in [5.41, 5.74) is 1.99. The van der Waals surface area contributed by atoms with Gasteiger partial charge in [-0.25, -0.2) is 0 Å². The summed E-state index contributed by atoms with van der Waals surface area (Å²) in [4.78, 5) is 8.84. The van der Waals surface area contributed by atoms with Crippen LogP contribution in [0.3, 0.4) is 0 Å². The molecule has 0 unspecified atom stereocenters. The second-order valence-corrected chi connectivity index (χ2v) is 3.53. The van der Waals surface area contributed by atoms with E-state index in [-0.39, 0.29) is 20.1 Å². The first kappa shape index (κ1) is 13.1. The van der Waals surface area contributed by atoms with Gasteiger partial charge >= 0.3 is 0 Å². The SMILES string of the molecule is CCc1cccc(-n2[c-]c(C)nc2C)n1.[Ir]. The van der Waals surface area contributed by atoms with Crippen LogP contribution in [0.5, 0.6) is 0 Å². The molecule has 0 amide bonds. The van der Waals surface area contributed by atoms with Crippen molar-refractivity contribution in [2.24, 2.45) is 0 Å². The molecule has 0 aliphatic rings. The molecule has 0 bridgehead atoms. The Balaban J connectivity index is 0.00000128. The monoisotopic (exact) mass is 393 g/mol. The number of hydrogen-bond acceptors (Lipinski definition) is 2. The Bertz CT molecular complexity index is 477. The van der Waals surface area contributed by atoms with E-state index in [2.05, 4.69) is 23.1 Å². The van der Waals surface area contributed by atoms with Crippen molar-refractivity contribution in [1.82, 2.24) is 14.5 Å². The topological polar surface area (TPSA) is 30.7 Å². The number of pyridine rings is 1. The van der Waals surface area contributed by atoms with Gasteiger partial charge in [-0.1, -0.05) is 32.2 Å². The van der Waals surface area contributed by atoms with E-state index < -0.39 is 0 Å². The maximum absolute atomic E-state index is 4.53. The van der Waals surface area contributed by atoms with E-state index in [0.717, 1.165) is 29.5 Å². The van der Waals surface area contributed by atoms with E-state index >= 15 is 0 Å². The Labute approximate surface area is 109 Å². The van der Waals surface area contributed by atoms with Gasteiger partial charge in [0.25, 0.3) is 0 Å². The average Bonchev–Trinajstić information content (AvgIpc) is 2.58. The van der Waals surface area contributed by atoms with Crippen LogP contribution in [-0.4, -0.2) is 14.5 Å². The first-order chi connectivity index (χ1) is 7.20. The summed E-state index contributed by atoms with van der Waals surface area (Å²) >= 11 is 0. The van der Waals surface area contributed by atoms with E-state index in [1.54, 1.807) is 0 Å². The average molecular weight is 392 g/mol. The molecule has 0 aliphatic heterocycles. The Morgan fingerprint density at radius 1 is 1.25 bits per heavy atom. The molecule has 1 radical (unpaired) electrons. The van der Waals surface area contributed by atoms with E-state index in [9.17, 15) is 0 Å². The number of imidazole rings is 1. The minimum absolute atomic E-state index is 0. The van der Waals surface area contributed by atoms with Crippen molar-refractivity contribution in [2.45, 2.75) is 27.2 Å². The second kappa shape index (κ2) is 5.37. The van der Waals surface area contributed by atoms with Crippen LogP contribution in [0.2, 0.25) is 0 Å². The van der Waals surface area contributed by atoms with Gasteiger partial charge in [0.05, 0.1) is 0 Å². The molecular formula is C12H14IrN3-. The molecule has 0 atom stereocenters. The van der Waals surface area contributed by atoms with Gasteiger partial charge in [0, 0.05) is 37.4 Å². The summed E-state index contributed by atoms with van der Waals surface area (Å²) in [5, 5.41) is 0. The predicted octanol–water partition coefficient (Wildman–Crippen LogP) is 2.24. The molecule has 0 aliphatic carbocycles. The number of aromatic nitrogens is 3. The molecule has 0 saturated heterocycles. The Kier molecular flexibility index (Phi) is 4.39. The normalized spacial score (nSPS) is 9.94. The summed E-state index contributed by atoms with van der Waals surface area (Å²) in [6.07, 6.45) is 4.10. The zero-order chi connectivity index (χ0) is 10.8. The molecule has 2 heterocycles. The summed E-state index contributed by atoms with van der Waals surface area (Å²) in [7, 11) is 0. The molecule has 87 valence electrons. The number of nitrogens with zero attached hydrogens (tertiary/aromatic N) is 3. The molecule has 3 nitrogen and oxygen atoms in total. The summed E-state index contributed by atoms with van der Waals surface area (Å²) in [5.74, 6) is 1.82. The molecule has 0 N–H and O–H groups in total. The third-order valence-corrected chi connectivity index (χ3v) is 2.31. The van der Waals surface area contributed by atoms with Gasteiger partial charge < -0.3 is 9.55 Å². The van der Waals surface area contributed by atoms with Crippen LogP contribution in [-0.2, 0) is 26.5 Å². The Morgan fingerprint density at radius 2 is 2.00 bits per heavy atom. The molecule has 2 rings (SSSR count). The molecular weight excluding hydrogens is 378 g/mol. The minimum Gasteiger partial charge on any atom is -0.450 e. The quantitative estimate of drug-likeness (QED) is 0.734. The van der Waals surface area contributed by atoms with E-state index in [1.807, 2.05) is 36.6 Å². The van der Waals surface area contributed by atoms with Crippen LogP contribution in [0.4, 0.5) is 0 Å².